The standard InChI is InChI=1S/C18H12F3P.C11H6F2N.C7H7.Pt/c19-13-1-7-16(8-2-13)22(17-9-3-14(20)4-10-17)18-11-5-15(21)6-12-18;12-8-4-5-9(10(13)7-8)11-3-1-2-6-14-11;1-7-5-3-2-4-6-7;/h1-12H;1-4,6-7H;3-6H,1H3;/q;2*-1;+2/p+1. The minimum atomic E-state index is -1.43. The summed E-state index contributed by atoms with van der Waals surface area (Å²) in [5, 5.41) is 2.89. The zero-order valence-corrected chi connectivity index (χ0v) is 26.6. The zero-order chi connectivity index (χ0) is 30.6. The van der Waals surface area contributed by atoms with Crippen LogP contribution in [0.15, 0.2) is 134 Å². The van der Waals surface area contributed by atoms with Crippen LogP contribution in [0.2, 0.25) is 0 Å². The Morgan fingerprint density at radius 2 is 1.07 bits per heavy atom. The molecule has 8 heteroatoms. The molecule has 1 aromatic heterocycles. The van der Waals surface area contributed by atoms with Crippen molar-refractivity contribution in [2.45, 2.75) is 6.92 Å². The van der Waals surface area contributed by atoms with Crippen LogP contribution in [0.5, 0.6) is 0 Å². The summed E-state index contributed by atoms with van der Waals surface area (Å²) >= 11 is 0. The molecule has 224 valence electrons. The molecule has 0 radical (unpaired) electrons. The van der Waals surface area contributed by atoms with Gasteiger partial charge in [0.15, 0.2) is 0 Å². The smallest absolute Gasteiger partial charge is 0.305 e. The second-order valence-electron chi connectivity index (χ2n) is 9.23. The first kappa shape index (κ1) is 34.5. The molecule has 0 amide bonds. The van der Waals surface area contributed by atoms with Gasteiger partial charge < -0.3 is 4.98 Å². The van der Waals surface area contributed by atoms with Crippen molar-refractivity contribution in [3.8, 4) is 11.3 Å². The van der Waals surface area contributed by atoms with E-state index in [1.165, 1.54) is 42.0 Å². The van der Waals surface area contributed by atoms with Crippen molar-refractivity contribution in [2.75, 3.05) is 0 Å². The summed E-state index contributed by atoms with van der Waals surface area (Å²) in [5.74, 6) is -2.19. The van der Waals surface area contributed by atoms with Gasteiger partial charge in [0, 0.05) is 17.8 Å². The Morgan fingerprint density at radius 1 is 0.591 bits per heavy atom. The minimum absolute atomic E-state index is 0. The normalized spacial score (nSPS) is 10.1. The van der Waals surface area contributed by atoms with E-state index in [0.717, 1.165) is 28.0 Å². The minimum Gasteiger partial charge on any atom is -0.305 e. The predicted molar refractivity (Wildman–Crippen MR) is 165 cm³/mol. The molecule has 0 spiro atoms. The van der Waals surface area contributed by atoms with Crippen molar-refractivity contribution in [3.63, 3.8) is 0 Å². The third kappa shape index (κ3) is 10.3. The first-order chi connectivity index (χ1) is 20.8. The quantitative estimate of drug-likeness (QED) is 0.0997. The zero-order valence-electron chi connectivity index (χ0n) is 23.4. The Kier molecular flexibility index (Phi) is 13.6. The molecular formula is C36H26F5NPPt+. The number of aryl methyl sites for hydroxylation is 1. The Balaban J connectivity index is 0.000000205. The van der Waals surface area contributed by atoms with Gasteiger partial charge >= 0.3 is 21.1 Å². The molecule has 0 unspecified atom stereocenters. The van der Waals surface area contributed by atoms with Crippen molar-refractivity contribution < 1.29 is 43.0 Å². The number of rotatable bonds is 4. The molecule has 44 heavy (non-hydrogen) atoms. The van der Waals surface area contributed by atoms with Gasteiger partial charge in [-0.2, -0.15) is 35.9 Å². The number of benzene rings is 5. The Morgan fingerprint density at radius 3 is 1.43 bits per heavy atom. The van der Waals surface area contributed by atoms with Gasteiger partial charge in [-0.05, 0) is 84.6 Å². The van der Waals surface area contributed by atoms with Gasteiger partial charge in [0.1, 0.15) is 33.4 Å². The summed E-state index contributed by atoms with van der Waals surface area (Å²) in [5.41, 5.74) is 1.93. The maximum Gasteiger partial charge on any atom is 2.00 e. The van der Waals surface area contributed by atoms with E-state index in [1.54, 1.807) is 60.8 Å². The van der Waals surface area contributed by atoms with Gasteiger partial charge in [-0.1, -0.05) is 30.7 Å². The molecule has 0 saturated heterocycles. The molecule has 6 rings (SSSR count). The van der Waals surface area contributed by atoms with Crippen LogP contribution < -0.4 is 15.9 Å². The van der Waals surface area contributed by atoms with Crippen molar-refractivity contribution in [1.82, 2.24) is 4.98 Å². The maximum atomic E-state index is 13.2. The van der Waals surface area contributed by atoms with Crippen LogP contribution in [-0.4, -0.2) is 4.98 Å². The van der Waals surface area contributed by atoms with Gasteiger partial charge in [-0.15, -0.1) is 12.1 Å². The van der Waals surface area contributed by atoms with Crippen LogP contribution in [0.4, 0.5) is 22.0 Å². The Hall–Kier alpha value is -3.98. The monoisotopic (exact) mass is 793 g/mol. The molecule has 0 fully saturated rings. The first-order valence-corrected chi connectivity index (χ1v) is 14.7. The summed E-state index contributed by atoms with van der Waals surface area (Å²) in [6.07, 6.45) is 1.55. The maximum absolute atomic E-state index is 13.2. The van der Waals surface area contributed by atoms with Gasteiger partial charge in [-0.25, -0.2) is 13.2 Å². The van der Waals surface area contributed by atoms with E-state index in [2.05, 4.69) is 24.0 Å². The molecule has 5 aromatic carbocycles. The Bertz CT molecular complexity index is 1590. The van der Waals surface area contributed by atoms with Crippen LogP contribution in [-0.2, 0) is 21.1 Å². The summed E-state index contributed by atoms with van der Waals surface area (Å²) in [6, 6.07) is 39.2. The molecule has 1 nitrogen and oxygen atoms in total. The third-order valence-corrected chi connectivity index (χ3v) is 8.79. The van der Waals surface area contributed by atoms with Gasteiger partial charge in [0.2, 0.25) is 0 Å². The average molecular weight is 794 g/mol. The number of hydrogen-bond acceptors (Lipinski definition) is 1. The molecule has 0 aliphatic rings. The second-order valence-corrected chi connectivity index (χ2v) is 11.7. The number of pyridine rings is 1. The van der Waals surface area contributed by atoms with Crippen molar-refractivity contribution >= 4 is 23.8 Å². The van der Waals surface area contributed by atoms with E-state index in [4.69, 9.17) is 0 Å². The molecule has 0 aliphatic heterocycles. The first-order valence-electron chi connectivity index (χ1n) is 13.2. The largest absolute Gasteiger partial charge is 2.00 e. The molecule has 0 aliphatic carbocycles. The van der Waals surface area contributed by atoms with E-state index in [1.807, 2.05) is 24.3 Å². The number of halogens is 5. The average Bonchev–Trinajstić information content (AvgIpc) is 3.02. The van der Waals surface area contributed by atoms with Crippen LogP contribution in [0.1, 0.15) is 5.56 Å². The molecule has 0 saturated carbocycles. The molecule has 6 aromatic rings. The van der Waals surface area contributed by atoms with Crippen LogP contribution in [0, 0.1) is 48.1 Å². The number of aromatic nitrogens is 1. The van der Waals surface area contributed by atoms with E-state index in [-0.39, 0.29) is 44.1 Å². The van der Waals surface area contributed by atoms with Crippen LogP contribution in [0.25, 0.3) is 11.3 Å². The summed E-state index contributed by atoms with van der Waals surface area (Å²) in [6.45, 7) is 2.06. The summed E-state index contributed by atoms with van der Waals surface area (Å²) in [7, 11) is -1.43. The topological polar surface area (TPSA) is 12.9 Å². The molecule has 0 atom stereocenters. The number of hydrogen-bond donors (Lipinski definition) is 0. The van der Waals surface area contributed by atoms with Crippen molar-refractivity contribution in [1.29, 1.82) is 0 Å². The number of nitrogens with zero attached hydrogens (tertiary/aromatic N) is 1. The molecule has 0 N–H and O–H groups in total. The third-order valence-electron chi connectivity index (χ3n) is 6.06. The molecule has 1 heterocycles. The van der Waals surface area contributed by atoms with Crippen LogP contribution in [0.3, 0.4) is 0 Å². The van der Waals surface area contributed by atoms with E-state index >= 15 is 0 Å². The SMILES string of the molecule is Cc1cc[c-]cc1.Fc1c[c-]c(-c2ccccn2)c(F)c1.Fc1ccc([PH+](c2ccc(F)cc2)c2ccc(F)cc2)cc1.[Pt+2]. The van der Waals surface area contributed by atoms with E-state index < -0.39 is 19.6 Å². The molecular weight excluding hydrogens is 767 g/mol. The summed E-state index contributed by atoms with van der Waals surface area (Å²) < 4.78 is 65.3. The van der Waals surface area contributed by atoms with Gasteiger partial charge in [-0.3, -0.25) is 8.78 Å². The second kappa shape index (κ2) is 17.3. The fourth-order valence-electron chi connectivity index (χ4n) is 3.97. The van der Waals surface area contributed by atoms with Gasteiger partial charge in [0.05, 0.1) is 7.92 Å². The van der Waals surface area contributed by atoms with E-state index in [9.17, 15) is 22.0 Å². The van der Waals surface area contributed by atoms with E-state index in [0.29, 0.717) is 5.69 Å². The van der Waals surface area contributed by atoms with Crippen molar-refractivity contribution in [3.05, 3.63) is 180 Å². The fraction of sp³-hybridized carbons (Fsp3) is 0.0278. The summed E-state index contributed by atoms with van der Waals surface area (Å²) in [4.78, 5) is 3.95. The van der Waals surface area contributed by atoms with Crippen LogP contribution >= 0.6 is 7.92 Å². The van der Waals surface area contributed by atoms with Crippen molar-refractivity contribution in [2.24, 2.45) is 0 Å². The predicted octanol–water partition coefficient (Wildman–Crippen LogP) is 8.21. The molecule has 0 bridgehead atoms. The van der Waals surface area contributed by atoms with Gasteiger partial charge in [0.25, 0.3) is 0 Å². The fourth-order valence-corrected chi connectivity index (χ4v) is 6.47. The Labute approximate surface area is 269 Å².